The molecule has 0 spiro atoms. The third kappa shape index (κ3) is 72.8. The normalized spacial score (nSPS) is 14.2. The highest BCUT2D eigenvalue weighted by atomic mass is 31.2. The lowest BCUT2D eigenvalue weighted by Gasteiger charge is -2.21. The average molecular weight is 1450 g/mol. The van der Waals surface area contributed by atoms with E-state index in [0.29, 0.717) is 25.7 Å². The third-order valence-electron chi connectivity index (χ3n) is 19.1. The van der Waals surface area contributed by atoms with Crippen molar-refractivity contribution in [2.24, 2.45) is 11.8 Å². The molecule has 0 aliphatic carbocycles. The number of hydrogen-bond donors (Lipinski definition) is 3. The minimum atomic E-state index is -4.96. The van der Waals surface area contributed by atoms with Crippen LogP contribution in [0.1, 0.15) is 420 Å². The Balaban J connectivity index is 5.16. The number of aliphatic hydroxyl groups excluding tert-OH is 1. The summed E-state index contributed by atoms with van der Waals surface area (Å²) in [6.45, 7) is 9.57. The zero-order valence-corrected chi connectivity index (χ0v) is 66.6. The number of ether oxygens (including phenoxy) is 4. The van der Waals surface area contributed by atoms with Gasteiger partial charge >= 0.3 is 39.5 Å². The zero-order valence-electron chi connectivity index (χ0n) is 64.8. The summed E-state index contributed by atoms with van der Waals surface area (Å²) in [5.74, 6) is -0.585. The van der Waals surface area contributed by atoms with Gasteiger partial charge in [-0.25, -0.2) is 9.13 Å². The number of rotatable bonds is 79. The molecule has 3 N–H and O–H groups in total. The largest absolute Gasteiger partial charge is 0.472 e. The minimum Gasteiger partial charge on any atom is -0.462 e. The van der Waals surface area contributed by atoms with Crippen molar-refractivity contribution in [2.45, 2.75) is 439 Å². The quantitative estimate of drug-likeness (QED) is 0.0222. The van der Waals surface area contributed by atoms with Gasteiger partial charge in [0, 0.05) is 25.7 Å². The standard InChI is InChI=1S/C80H156O17P2/c1-7-10-12-14-16-18-19-20-21-22-23-24-25-26-27-32-35-38-41-45-52-58-64-79(84)96-75(68-91-78(83)63-57-51-44-40-37-34-31-29-28-30-33-36-39-42-48-54-60-72(4)5)70-94-98(86,87)92-66-74(81)67-93-99(88,89)95-71-76(69-90-77(82)62-56-50-43-17-15-13-11-8-2)97-80(85)65-59-53-47-46-49-55-61-73(6)9-3/h72-76,81H,7-71H2,1-6H3,(H,86,87)(H,88,89)/t73?,74-,75-,76-/m1/s1. The molecule has 6 atom stereocenters. The third-order valence-corrected chi connectivity index (χ3v) is 21.0. The van der Waals surface area contributed by atoms with Gasteiger partial charge in [0.25, 0.3) is 0 Å². The van der Waals surface area contributed by atoms with E-state index in [1.54, 1.807) is 0 Å². The van der Waals surface area contributed by atoms with E-state index in [9.17, 15) is 43.2 Å². The second kappa shape index (κ2) is 71.7. The summed E-state index contributed by atoms with van der Waals surface area (Å²) in [5, 5.41) is 10.6. The molecule has 0 radical (unpaired) electrons. The Hall–Kier alpha value is -1.94. The van der Waals surface area contributed by atoms with Gasteiger partial charge in [-0.3, -0.25) is 37.3 Å². The number of hydrogen-bond acceptors (Lipinski definition) is 15. The minimum absolute atomic E-state index is 0.103. The Morgan fingerprint density at radius 3 is 0.768 bits per heavy atom. The Bertz CT molecular complexity index is 1910. The van der Waals surface area contributed by atoms with Gasteiger partial charge < -0.3 is 33.8 Å². The van der Waals surface area contributed by atoms with Crippen molar-refractivity contribution in [3.8, 4) is 0 Å². The fraction of sp³-hybridized carbons (Fsp3) is 0.950. The summed E-state index contributed by atoms with van der Waals surface area (Å²) in [7, 11) is -9.91. The number of carbonyl (C=O) groups excluding carboxylic acids is 4. The van der Waals surface area contributed by atoms with Crippen molar-refractivity contribution in [3.63, 3.8) is 0 Å². The van der Waals surface area contributed by atoms with Crippen LogP contribution in [0.25, 0.3) is 0 Å². The molecule has 0 heterocycles. The molecule has 19 heteroatoms. The van der Waals surface area contributed by atoms with Crippen LogP contribution in [0.5, 0.6) is 0 Å². The Labute approximate surface area is 607 Å². The van der Waals surface area contributed by atoms with E-state index in [2.05, 4.69) is 41.5 Å². The molecule has 0 aromatic carbocycles. The van der Waals surface area contributed by atoms with Crippen molar-refractivity contribution >= 4 is 39.5 Å². The lowest BCUT2D eigenvalue weighted by Crippen LogP contribution is -2.30. The molecular formula is C80H156O17P2. The Kier molecular flexibility index (Phi) is 70.3. The lowest BCUT2D eigenvalue weighted by molar-refractivity contribution is -0.161. The SMILES string of the molecule is CCCCCCCCCCCCCCCCCCCCCCCCC(=O)O[C@H](COC(=O)CCCCCCCCCCCCCCCCCCC(C)C)COP(=O)(O)OC[C@@H](O)COP(=O)(O)OC[C@@H](COC(=O)CCCCCCCCCC)OC(=O)CCCCCCCCC(C)CC. The lowest BCUT2D eigenvalue weighted by atomic mass is 10.00. The average Bonchev–Trinajstić information content (AvgIpc) is 1.32. The van der Waals surface area contributed by atoms with Gasteiger partial charge in [-0.2, -0.15) is 0 Å². The van der Waals surface area contributed by atoms with Gasteiger partial charge in [0.05, 0.1) is 26.4 Å². The second-order valence-electron chi connectivity index (χ2n) is 29.5. The number of carbonyl (C=O) groups is 4. The molecule has 0 rings (SSSR count). The predicted octanol–water partition coefficient (Wildman–Crippen LogP) is 23.9. The highest BCUT2D eigenvalue weighted by molar-refractivity contribution is 7.47. The zero-order chi connectivity index (χ0) is 72.8. The number of phosphoric acid groups is 2. The summed E-state index contributed by atoms with van der Waals surface area (Å²) in [6.07, 6.45) is 61.4. The monoisotopic (exact) mass is 1450 g/mol. The van der Waals surface area contributed by atoms with Crippen molar-refractivity contribution in [2.75, 3.05) is 39.6 Å². The van der Waals surface area contributed by atoms with Crippen LogP contribution in [0.4, 0.5) is 0 Å². The molecule has 0 aliphatic rings. The van der Waals surface area contributed by atoms with E-state index in [0.717, 1.165) is 108 Å². The van der Waals surface area contributed by atoms with E-state index < -0.39 is 97.5 Å². The van der Waals surface area contributed by atoms with Crippen molar-refractivity contribution in [3.05, 3.63) is 0 Å². The first-order valence-corrected chi connectivity index (χ1v) is 44.5. The van der Waals surface area contributed by atoms with Crippen molar-refractivity contribution in [1.29, 1.82) is 0 Å². The molecule has 0 aromatic heterocycles. The van der Waals surface area contributed by atoms with E-state index >= 15 is 0 Å². The number of esters is 4. The van der Waals surface area contributed by atoms with Gasteiger partial charge in [0.1, 0.15) is 19.3 Å². The first-order chi connectivity index (χ1) is 47.9. The maximum Gasteiger partial charge on any atom is 0.472 e. The van der Waals surface area contributed by atoms with Crippen LogP contribution in [0.3, 0.4) is 0 Å². The van der Waals surface area contributed by atoms with E-state index in [1.807, 2.05) is 0 Å². The molecular weight excluding hydrogens is 1290 g/mol. The van der Waals surface area contributed by atoms with Crippen LogP contribution in [0.15, 0.2) is 0 Å². The van der Waals surface area contributed by atoms with E-state index in [1.165, 1.54) is 231 Å². The van der Waals surface area contributed by atoms with Crippen molar-refractivity contribution in [1.82, 2.24) is 0 Å². The Morgan fingerprint density at radius 2 is 0.515 bits per heavy atom. The molecule has 0 bridgehead atoms. The molecule has 0 aromatic rings. The number of phosphoric ester groups is 2. The predicted molar refractivity (Wildman–Crippen MR) is 405 cm³/mol. The molecule has 99 heavy (non-hydrogen) atoms. The fourth-order valence-electron chi connectivity index (χ4n) is 12.3. The first kappa shape index (κ1) is 97.1. The second-order valence-corrected chi connectivity index (χ2v) is 32.4. The molecule has 0 saturated carbocycles. The van der Waals surface area contributed by atoms with Crippen LogP contribution in [0.2, 0.25) is 0 Å². The maximum atomic E-state index is 13.1. The van der Waals surface area contributed by atoms with Crippen LogP contribution >= 0.6 is 15.6 Å². The molecule has 3 unspecified atom stereocenters. The summed E-state index contributed by atoms with van der Waals surface area (Å²) >= 11 is 0. The summed E-state index contributed by atoms with van der Waals surface area (Å²) in [4.78, 5) is 72.8. The summed E-state index contributed by atoms with van der Waals surface area (Å²) in [5.41, 5.74) is 0. The molecule has 0 saturated heterocycles. The molecule has 0 amide bonds. The number of unbranched alkanes of at least 4 members (excludes halogenated alkanes) is 48. The topological polar surface area (TPSA) is 237 Å². The van der Waals surface area contributed by atoms with E-state index in [-0.39, 0.29) is 25.7 Å². The highest BCUT2D eigenvalue weighted by Crippen LogP contribution is 2.45. The first-order valence-electron chi connectivity index (χ1n) is 41.5. The molecule has 588 valence electrons. The van der Waals surface area contributed by atoms with Crippen molar-refractivity contribution < 1.29 is 80.2 Å². The van der Waals surface area contributed by atoms with Crippen LogP contribution in [0, 0.1) is 11.8 Å². The van der Waals surface area contributed by atoms with Gasteiger partial charge in [-0.15, -0.1) is 0 Å². The molecule has 0 fully saturated rings. The smallest absolute Gasteiger partial charge is 0.462 e. The van der Waals surface area contributed by atoms with Gasteiger partial charge in [0.2, 0.25) is 0 Å². The Morgan fingerprint density at radius 1 is 0.293 bits per heavy atom. The van der Waals surface area contributed by atoms with Crippen LogP contribution in [-0.4, -0.2) is 96.7 Å². The molecule has 17 nitrogen and oxygen atoms in total. The van der Waals surface area contributed by atoms with E-state index in [4.69, 9.17) is 37.0 Å². The molecule has 0 aliphatic heterocycles. The maximum absolute atomic E-state index is 13.1. The summed E-state index contributed by atoms with van der Waals surface area (Å²) < 4.78 is 68.5. The fourth-order valence-corrected chi connectivity index (χ4v) is 13.9. The van der Waals surface area contributed by atoms with Gasteiger partial charge in [0.15, 0.2) is 12.2 Å². The van der Waals surface area contributed by atoms with Crippen LogP contribution < -0.4 is 0 Å². The van der Waals surface area contributed by atoms with Gasteiger partial charge in [-0.05, 0) is 37.5 Å². The van der Waals surface area contributed by atoms with Crippen LogP contribution in [-0.2, 0) is 65.4 Å². The van der Waals surface area contributed by atoms with Gasteiger partial charge in [-0.1, -0.05) is 369 Å². The highest BCUT2D eigenvalue weighted by Gasteiger charge is 2.30. The summed E-state index contributed by atoms with van der Waals surface area (Å²) in [6, 6.07) is 0. The number of aliphatic hydroxyl groups is 1.